The van der Waals surface area contributed by atoms with Crippen molar-refractivity contribution in [1.29, 1.82) is 0 Å². The zero-order valence-corrected chi connectivity index (χ0v) is 10.5. The second-order valence-electron chi connectivity index (χ2n) is 4.55. The lowest BCUT2D eigenvalue weighted by atomic mass is 9.94. The van der Waals surface area contributed by atoms with E-state index in [0.717, 1.165) is 16.8 Å². The van der Waals surface area contributed by atoms with Gasteiger partial charge in [-0.3, -0.25) is 0 Å². The summed E-state index contributed by atoms with van der Waals surface area (Å²) in [6.45, 7) is 0. The highest BCUT2D eigenvalue weighted by Crippen LogP contribution is 2.32. The van der Waals surface area contributed by atoms with Crippen LogP contribution >= 0.6 is 15.9 Å². The first-order valence-electron chi connectivity index (χ1n) is 5.77. The molecule has 15 heavy (non-hydrogen) atoms. The molecule has 2 N–H and O–H groups in total. The van der Waals surface area contributed by atoms with Crippen LogP contribution in [0.4, 0.5) is 0 Å². The van der Waals surface area contributed by atoms with Gasteiger partial charge in [0.25, 0.3) is 0 Å². The molecule has 1 nitrogen and oxygen atoms in total. The summed E-state index contributed by atoms with van der Waals surface area (Å²) in [4.78, 5) is 0. The Balaban J connectivity index is 1.97. The molecule has 0 amide bonds. The van der Waals surface area contributed by atoms with Gasteiger partial charge in [0, 0.05) is 10.5 Å². The van der Waals surface area contributed by atoms with Crippen LogP contribution in [0.2, 0.25) is 0 Å². The first-order valence-corrected chi connectivity index (χ1v) is 6.56. The molecule has 1 saturated carbocycles. The van der Waals surface area contributed by atoms with Crippen molar-refractivity contribution in [2.75, 3.05) is 0 Å². The van der Waals surface area contributed by atoms with Gasteiger partial charge in [-0.2, -0.15) is 0 Å². The summed E-state index contributed by atoms with van der Waals surface area (Å²) in [6, 6.07) is 8.59. The molecule has 1 aliphatic rings. The highest BCUT2D eigenvalue weighted by molar-refractivity contribution is 9.10. The summed E-state index contributed by atoms with van der Waals surface area (Å²) in [6.07, 6.45) is 6.70. The number of benzene rings is 1. The molecule has 0 saturated heterocycles. The van der Waals surface area contributed by atoms with Gasteiger partial charge in [-0.1, -0.05) is 53.7 Å². The number of hydrogen-bond donors (Lipinski definition) is 1. The molecule has 82 valence electrons. The highest BCUT2D eigenvalue weighted by atomic mass is 79.9. The Morgan fingerprint density at radius 2 is 2.07 bits per heavy atom. The number of halogens is 1. The van der Waals surface area contributed by atoms with Crippen LogP contribution in [0.15, 0.2) is 28.7 Å². The Labute approximate surface area is 100 Å². The minimum atomic E-state index is 0.214. The van der Waals surface area contributed by atoms with Gasteiger partial charge in [-0.05, 0) is 30.0 Å². The van der Waals surface area contributed by atoms with Crippen molar-refractivity contribution in [3.8, 4) is 0 Å². The van der Waals surface area contributed by atoms with Crippen molar-refractivity contribution >= 4 is 15.9 Å². The maximum Gasteiger partial charge on any atom is 0.0297 e. The van der Waals surface area contributed by atoms with Gasteiger partial charge >= 0.3 is 0 Å². The molecule has 1 atom stereocenters. The molecular formula is C13H18BrN. The molecule has 0 aliphatic heterocycles. The minimum Gasteiger partial charge on any atom is -0.324 e. The van der Waals surface area contributed by atoms with Gasteiger partial charge in [-0.25, -0.2) is 0 Å². The second kappa shape index (κ2) is 5.13. The van der Waals surface area contributed by atoms with Crippen LogP contribution in [-0.2, 0) is 0 Å². The fourth-order valence-electron chi connectivity index (χ4n) is 2.48. The Morgan fingerprint density at radius 1 is 1.33 bits per heavy atom. The van der Waals surface area contributed by atoms with Gasteiger partial charge in [0.1, 0.15) is 0 Å². The standard InChI is InChI=1S/C13H18BrN/c14-12-7-3-6-11(9-12)13(15)8-10-4-1-2-5-10/h3,6-7,9-10,13H,1-2,4-5,8,15H2. The number of rotatable bonds is 3. The summed E-state index contributed by atoms with van der Waals surface area (Å²) in [5, 5.41) is 0. The SMILES string of the molecule is NC(CC1CCCC1)c1cccc(Br)c1. The molecule has 0 bridgehead atoms. The lowest BCUT2D eigenvalue weighted by molar-refractivity contribution is 0.451. The van der Waals surface area contributed by atoms with Gasteiger partial charge < -0.3 is 5.73 Å². The lowest BCUT2D eigenvalue weighted by Gasteiger charge is -2.16. The average Bonchev–Trinajstić information content (AvgIpc) is 2.70. The first kappa shape index (κ1) is 11.2. The van der Waals surface area contributed by atoms with Crippen LogP contribution in [0.1, 0.15) is 43.7 Å². The maximum absolute atomic E-state index is 6.22. The van der Waals surface area contributed by atoms with Crippen LogP contribution in [0, 0.1) is 5.92 Å². The van der Waals surface area contributed by atoms with Crippen molar-refractivity contribution in [1.82, 2.24) is 0 Å². The Bertz CT molecular complexity index is 318. The minimum absolute atomic E-state index is 0.214. The molecule has 2 heteroatoms. The molecule has 1 aromatic carbocycles. The van der Waals surface area contributed by atoms with Gasteiger partial charge in [0.2, 0.25) is 0 Å². The quantitative estimate of drug-likeness (QED) is 0.880. The van der Waals surface area contributed by atoms with Gasteiger partial charge in [0.05, 0.1) is 0 Å². The van der Waals surface area contributed by atoms with Crippen LogP contribution in [0.3, 0.4) is 0 Å². The molecule has 1 unspecified atom stereocenters. The van der Waals surface area contributed by atoms with Crippen molar-refractivity contribution in [3.63, 3.8) is 0 Å². The summed E-state index contributed by atoms with van der Waals surface area (Å²) in [5.74, 6) is 0.860. The molecule has 1 fully saturated rings. The summed E-state index contributed by atoms with van der Waals surface area (Å²) < 4.78 is 1.13. The van der Waals surface area contributed by atoms with Gasteiger partial charge in [-0.15, -0.1) is 0 Å². The van der Waals surface area contributed by atoms with E-state index < -0.39 is 0 Å². The van der Waals surface area contributed by atoms with E-state index in [4.69, 9.17) is 5.73 Å². The van der Waals surface area contributed by atoms with Crippen molar-refractivity contribution in [2.24, 2.45) is 11.7 Å². The van der Waals surface area contributed by atoms with E-state index in [2.05, 4.69) is 34.1 Å². The summed E-state index contributed by atoms with van der Waals surface area (Å²) in [7, 11) is 0. The van der Waals surface area contributed by atoms with E-state index in [1.54, 1.807) is 0 Å². The molecule has 2 rings (SSSR count). The van der Waals surface area contributed by atoms with E-state index in [9.17, 15) is 0 Å². The van der Waals surface area contributed by atoms with Crippen LogP contribution in [-0.4, -0.2) is 0 Å². The average molecular weight is 268 g/mol. The van der Waals surface area contributed by atoms with E-state index in [1.165, 1.54) is 31.2 Å². The Kier molecular flexibility index (Phi) is 3.81. The number of nitrogens with two attached hydrogens (primary N) is 1. The molecule has 0 heterocycles. The summed E-state index contributed by atoms with van der Waals surface area (Å²) in [5.41, 5.74) is 7.48. The predicted octanol–water partition coefficient (Wildman–Crippen LogP) is 4.03. The number of hydrogen-bond acceptors (Lipinski definition) is 1. The first-order chi connectivity index (χ1) is 7.25. The monoisotopic (exact) mass is 267 g/mol. The zero-order chi connectivity index (χ0) is 10.7. The normalized spacial score (nSPS) is 19.3. The second-order valence-corrected chi connectivity index (χ2v) is 5.46. The zero-order valence-electron chi connectivity index (χ0n) is 8.95. The Morgan fingerprint density at radius 3 is 2.73 bits per heavy atom. The predicted molar refractivity (Wildman–Crippen MR) is 67.6 cm³/mol. The van der Waals surface area contributed by atoms with Crippen molar-refractivity contribution < 1.29 is 0 Å². The molecule has 0 spiro atoms. The molecular weight excluding hydrogens is 250 g/mol. The highest BCUT2D eigenvalue weighted by Gasteiger charge is 2.18. The summed E-state index contributed by atoms with van der Waals surface area (Å²) >= 11 is 3.49. The Hall–Kier alpha value is -0.340. The molecule has 0 aromatic heterocycles. The third kappa shape index (κ3) is 3.05. The molecule has 1 aromatic rings. The van der Waals surface area contributed by atoms with E-state index >= 15 is 0 Å². The van der Waals surface area contributed by atoms with Crippen molar-refractivity contribution in [2.45, 2.75) is 38.1 Å². The third-order valence-electron chi connectivity index (χ3n) is 3.34. The maximum atomic E-state index is 6.22. The van der Waals surface area contributed by atoms with E-state index in [-0.39, 0.29) is 6.04 Å². The molecule has 1 aliphatic carbocycles. The molecule has 0 radical (unpaired) electrons. The fraction of sp³-hybridized carbons (Fsp3) is 0.538. The largest absolute Gasteiger partial charge is 0.324 e. The van der Waals surface area contributed by atoms with E-state index in [0.29, 0.717) is 0 Å². The van der Waals surface area contributed by atoms with Crippen LogP contribution in [0.25, 0.3) is 0 Å². The van der Waals surface area contributed by atoms with Crippen molar-refractivity contribution in [3.05, 3.63) is 34.3 Å². The smallest absolute Gasteiger partial charge is 0.0297 e. The fourth-order valence-corrected chi connectivity index (χ4v) is 2.90. The van der Waals surface area contributed by atoms with Crippen LogP contribution in [0.5, 0.6) is 0 Å². The topological polar surface area (TPSA) is 26.0 Å². The van der Waals surface area contributed by atoms with Gasteiger partial charge in [0.15, 0.2) is 0 Å². The van der Waals surface area contributed by atoms with Crippen LogP contribution < -0.4 is 5.73 Å². The lowest BCUT2D eigenvalue weighted by Crippen LogP contribution is -2.14. The third-order valence-corrected chi connectivity index (χ3v) is 3.83. The van der Waals surface area contributed by atoms with E-state index in [1.807, 2.05) is 6.07 Å².